The summed E-state index contributed by atoms with van der Waals surface area (Å²) in [5, 5.41) is 15.4. The molecule has 4 heterocycles. The van der Waals surface area contributed by atoms with Crippen LogP contribution in [0.3, 0.4) is 0 Å². The van der Waals surface area contributed by atoms with E-state index in [1.807, 2.05) is 31.2 Å². The van der Waals surface area contributed by atoms with Crippen molar-refractivity contribution in [3.63, 3.8) is 0 Å². The van der Waals surface area contributed by atoms with E-state index < -0.39 is 0 Å². The third-order valence-electron chi connectivity index (χ3n) is 4.57. The monoisotopic (exact) mass is 364 g/mol. The molecule has 1 amide bonds. The average molecular weight is 364 g/mol. The SMILES string of the molecule is Cc1ccc(NC(=O)C2CCCN(c3ccc(-n4cncn4)nn3)C2)nc1. The highest BCUT2D eigenvalue weighted by atomic mass is 16.2. The quantitative estimate of drug-likeness (QED) is 0.750. The average Bonchev–Trinajstić information content (AvgIpc) is 3.25. The fourth-order valence-corrected chi connectivity index (χ4v) is 3.10. The first-order valence-electron chi connectivity index (χ1n) is 8.86. The second-order valence-corrected chi connectivity index (χ2v) is 6.58. The molecule has 9 heteroatoms. The third-order valence-corrected chi connectivity index (χ3v) is 4.57. The molecule has 0 radical (unpaired) electrons. The number of carbonyl (C=O) groups excluding carboxylic acids is 1. The van der Waals surface area contributed by atoms with Crippen LogP contribution in [0.4, 0.5) is 11.6 Å². The van der Waals surface area contributed by atoms with Gasteiger partial charge in [0.1, 0.15) is 18.5 Å². The van der Waals surface area contributed by atoms with E-state index >= 15 is 0 Å². The topological polar surface area (TPSA) is 102 Å². The van der Waals surface area contributed by atoms with E-state index in [0.717, 1.165) is 30.8 Å². The van der Waals surface area contributed by atoms with Crippen LogP contribution in [0.1, 0.15) is 18.4 Å². The maximum atomic E-state index is 12.6. The van der Waals surface area contributed by atoms with Crippen LogP contribution in [-0.4, -0.2) is 48.9 Å². The Morgan fingerprint density at radius 3 is 2.74 bits per heavy atom. The molecular formula is C18H20N8O. The smallest absolute Gasteiger partial charge is 0.230 e. The van der Waals surface area contributed by atoms with Gasteiger partial charge in [-0.15, -0.1) is 10.2 Å². The van der Waals surface area contributed by atoms with Crippen molar-refractivity contribution in [3.05, 3.63) is 48.7 Å². The Hall–Kier alpha value is -3.36. The highest BCUT2D eigenvalue weighted by Gasteiger charge is 2.27. The Morgan fingerprint density at radius 1 is 1.19 bits per heavy atom. The van der Waals surface area contributed by atoms with Gasteiger partial charge in [0, 0.05) is 19.3 Å². The number of hydrogen-bond acceptors (Lipinski definition) is 7. The van der Waals surface area contributed by atoms with Crippen LogP contribution >= 0.6 is 0 Å². The Kier molecular flexibility index (Phi) is 4.73. The summed E-state index contributed by atoms with van der Waals surface area (Å²) in [5.74, 6) is 1.82. The molecule has 0 bridgehead atoms. The second-order valence-electron chi connectivity index (χ2n) is 6.58. The lowest BCUT2D eigenvalue weighted by molar-refractivity contribution is -0.120. The molecule has 0 aliphatic carbocycles. The van der Waals surface area contributed by atoms with Gasteiger partial charge >= 0.3 is 0 Å². The number of nitrogens with zero attached hydrogens (tertiary/aromatic N) is 7. The van der Waals surface area contributed by atoms with Crippen molar-refractivity contribution in [2.24, 2.45) is 5.92 Å². The summed E-state index contributed by atoms with van der Waals surface area (Å²) in [4.78, 5) is 22.8. The van der Waals surface area contributed by atoms with Crippen molar-refractivity contribution in [2.75, 3.05) is 23.3 Å². The van der Waals surface area contributed by atoms with Crippen molar-refractivity contribution in [3.8, 4) is 5.82 Å². The molecule has 138 valence electrons. The molecule has 0 saturated carbocycles. The fraction of sp³-hybridized carbons (Fsp3) is 0.333. The Labute approximate surface area is 156 Å². The van der Waals surface area contributed by atoms with Gasteiger partial charge in [0.15, 0.2) is 11.6 Å². The van der Waals surface area contributed by atoms with E-state index in [1.165, 1.54) is 6.33 Å². The van der Waals surface area contributed by atoms with Gasteiger partial charge in [-0.2, -0.15) is 5.10 Å². The number of amides is 1. The number of aryl methyl sites for hydroxylation is 1. The van der Waals surface area contributed by atoms with Crippen molar-refractivity contribution in [2.45, 2.75) is 19.8 Å². The molecule has 0 spiro atoms. The zero-order valence-corrected chi connectivity index (χ0v) is 15.0. The minimum atomic E-state index is -0.112. The maximum absolute atomic E-state index is 12.6. The fourth-order valence-electron chi connectivity index (χ4n) is 3.10. The predicted molar refractivity (Wildman–Crippen MR) is 99.5 cm³/mol. The van der Waals surface area contributed by atoms with Crippen LogP contribution in [0.25, 0.3) is 5.82 Å². The van der Waals surface area contributed by atoms with Crippen LogP contribution in [0, 0.1) is 12.8 Å². The molecule has 1 fully saturated rings. The molecule has 0 aromatic carbocycles. The normalized spacial score (nSPS) is 16.9. The molecule has 1 unspecified atom stereocenters. The van der Waals surface area contributed by atoms with Crippen LogP contribution in [0.15, 0.2) is 43.1 Å². The van der Waals surface area contributed by atoms with Gasteiger partial charge < -0.3 is 10.2 Å². The van der Waals surface area contributed by atoms with E-state index in [4.69, 9.17) is 0 Å². The number of pyridine rings is 1. The minimum Gasteiger partial charge on any atom is -0.354 e. The van der Waals surface area contributed by atoms with E-state index in [9.17, 15) is 4.79 Å². The lowest BCUT2D eigenvalue weighted by Crippen LogP contribution is -2.41. The number of aromatic nitrogens is 6. The van der Waals surface area contributed by atoms with Gasteiger partial charge in [-0.05, 0) is 43.5 Å². The van der Waals surface area contributed by atoms with Gasteiger partial charge in [0.2, 0.25) is 5.91 Å². The summed E-state index contributed by atoms with van der Waals surface area (Å²) in [6.07, 6.45) is 6.54. The van der Waals surface area contributed by atoms with Gasteiger partial charge in [-0.25, -0.2) is 14.6 Å². The summed E-state index contributed by atoms with van der Waals surface area (Å²) in [7, 11) is 0. The van der Waals surface area contributed by atoms with E-state index in [-0.39, 0.29) is 11.8 Å². The second kappa shape index (κ2) is 7.48. The van der Waals surface area contributed by atoms with E-state index in [1.54, 1.807) is 17.2 Å². The van der Waals surface area contributed by atoms with Crippen molar-refractivity contribution >= 4 is 17.5 Å². The highest BCUT2D eigenvalue weighted by molar-refractivity contribution is 5.92. The van der Waals surface area contributed by atoms with Gasteiger partial charge in [0.05, 0.1) is 5.92 Å². The van der Waals surface area contributed by atoms with Gasteiger partial charge in [0.25, 0.3) is 0 Å². The Morgan fingerprint density at radius 2 is 2.04 bits per heavy atom. The van der Waals surface area contributed by atoms with Gasteiger partial charge in [-0.3, -0.25) is 4.79 Å². The summed E-state index contributed by atoms with van der Waals surface area (Å²) in [5.41, 5.74) is 1.06. The highest BCUT2D eigenvalue weighted by Crippen LogP contribution is 2.22. The minimum absolute atomic E-state index is 0.0109. The molecule has 1 aliphatic heterocycles. The summed E-state index contributed by atoms with van der Waals surface area (Å²) < 4.78 is 1.55. The van der Waals surface area contributed by atoms with Gasteiger partial charge in [-0.1, -0.05) is 6.07 Å². The van der Waals surface area contributed by atoms with E-state index in [2.05, 4.69) is 35.5 Å². The first kappa shape index (κ1) is 17.1. The lowest BCUT2D eigenvalue weighted by atomic mass is 9.97. The largest absolute Gasteiger partial charge is 0.354 e. The molecule has 4 rings (SSSR count). The Balaban J connectivity index is 1.41. The zero-order chi connectivity index (χ0) is 18.6. The molecule has 27 heavy (non-hydrogen) atoms. The summed E-state index contributed by atoms with van der Waals surface area (Å²) >= 11 is 0. The molecule has 3 aromatic rings. The van der Waals surface area contributed by atoms with Crippen molar-refractivity contribution < 1.29 is 4.79 Å². The first-order chi connectivity index (χ1) is 13.2. The molecule has 1 atom stereocenters. The molecule has 1 N–H and O–H groups in total. The molecular weight excluding hydrogens is 344 g/mol. The number of hydrogen-bond donors (Lipinski definition) is 1. The summed E-state index contributed by atoms with van der Waals surface area (Å²) in [6.45, 7) is 3.42. The van der Waals surface area contributed by atoms with E-state index in [0.29, 0.717) is 18.2 Å². The molecule has 1 saturated heterocycles. The van der Waals surface area contributed by atoms with Crippen LogP contribution in [-0.2, 0) is 4.79 Å². The number of anilines is 2. The number of carbonyl (C=O) groups is 1. The van der Waals surface area contributed by atoms with Crippen LogP contribution in [0.2, 0.25) is 0 Å². The number of piperidine rings is 1. The van der Waals surface area contributed by atoms with Crippen LogP contribution < -0.4 is 10.2 Å². The lowest BCUT2D eigenvalue weighted by Gasteiger charge is -2.32. The third kappa shape index (κ3) is 3.91. The zero-order valence-electron chi connectivity index (χ0n) is 15.0. The first-order valence-corrected chi connectivity index (χ1v) is 8.86. The van der Waals surface area contributed by atoms with Crippen molar-refractivity contribution in [1.29, 1.82) is 0 Å². The van der Waals surface area contributed by atoms with Crippen LogP contribution in [0.5, 0.6) is 0 Å². The number of rotatable bonds is 4. The maximum Gasteiger partial charge on any atom is 0.230 e. The molecule has 3 aromatic heterocycles. The standard InChI is InChI=1S/C18H20N8O/c1-13-4-5-15(20-9-13)22-18(27)14-3-2-8-25(10-14)16-6-7-17(24-23-16)26-12-19-11-21-26/h4-7,9,11-12,14H,2-3,8,10H2,1H3,(H,20,22,27). The summed E-state index contributed by atoms with van der Waals surface area (Å²) in [6, 6.07) is 7.49. The van der Waals surface area contributed by atoms with Crippen molar-refractivity contribution in [1.82, 2.24) is 29.9 Å². The number of nitrogens with one attached hydrogen (secondary N) is 1. The molecule has 9 nitrogen and oxygen atoms in total. The molecule has 1 aliphatic rings. The Bertz CT molecular complexity index is 892. The predicted octanol–water partition coefficient (Wildman–Crippen LogP) is 1.62.